The zero-order chi connectivity index (χ0) is 25.0. The number of hydrogen-bond acceptors (Lipinski definition) is 7. The van der Waals surface area contributed by atoms with Gasteiger partial charge in [0, 0.05) is 32.4 Å². The van der Waals surface area contributed by atoms with Crippen molar-refractivity contribution in [3.05, 3.63) is 75.1 Å². The number of rotatable bonds is 3. The molecule has 10 nitrogen and oxygen atoms in total. The summed E-state index contributed by atoms with van der Waals surface area (Å²) < 4.78 is 14.1. The second kappa shape index (κ2) is 8.49. The van der Waals surface area contributed by atoms with Crippen molar-refractivity contribution in [3.8, 4) is 11.5 Å². The van der Waals surface area contributed by atoms with Gasteiger partial charge in [0.25, 0.3) is 11.5 Å². The van der Waals surface area contributed by atoms with Crippen LogP contribution in [-0.4, -0.2) is 69.7 Å². The smallest absolute Gasteiger partial charge is 0.267 e. The molecule has 2 aliphatic rings. The summed E-state index contributed by atoms with van der Waals surface area (Å²) in [4.78, 5) is 35.9. The molecule has 184 valence electrons. The summed E-state index contributed by atoms with van der Waals surface area (Å²) in [5.74, 6) is 1.04. The minimum Gasteiger partial charge on any atom is -0.454 e. The van der Waals surface area contributed by atoms with Crippen LogP contribution >= 0.6 is 0 Å². The highest BCUT2D eigenvalue weighted by Gasteiger charge is 2.25. The molecule has 5 heterocycles. The first kappa shape index (κ1) is 22.3. The zero-order valence-corrected chi connectivity index (χ0v) is 20.2. The van der Waals surface area contributed by atoms with Crippen LogP contribution in [0, 0.1) is 12.3 Å². The quantitative estimate of drug-likeness (QED) is 0.441. The highest BCUT2D eigenvalue weighted by atomic mass is 16.7. The maximum absolute atomic E-state index is 13.6. The molecule has 1 aromatic carbocycles. The van der Waals surface area contributed by atoms with Crippen LogP contribution in [0.25, 0.3) is 16.7 Å². The number of hydrogen-bond donors (Lipinski definition) is 1. The number of aryl methyl sites for hydroxylation is 1. The van der Waals surface area contributed by atoms with E-state index in [0.29, 0.717) is 41.3 Å². The molecule has 1 saturated heterocycles. The molecule has 0 spiro atoms. The van der Waals surface area contributed by atoms with E-state index in [9.17, 15) is 9.59 Å². The first-order valence-corrected chi connectivity index (χ1v) is 11.9. The van der Waals surface area contributed by atoms with Crippen molar-refractivity contribution in [1.29, 1.82) is 5.41 Å². The van der Waals surface area contributed by atoms with Crippen LogP contribution in [0.15, 0.2) is 47.4 Å². The predicted molar refractivity (Wildman–Crippen MR) is 133 cm³/mol. The third-order valence-electron chi connectivity index (χ3n) is 6.93. The van der Waals surface area contributed by atoms with Gasteiger partial charge in [-0.05, 0) is 49.4 Å². The highest BCUT2D eigenvalue weighted by molar-refractivity contribution is 5.97. The molecule has 4 aromatic rings. The molecular weight excluding hydrogens is 460 g/mol. The largest absolute Gasteiger partial charge is 0.454 e. The van der Waals surface area contributed by atoms with Crippen LogP contribution in [0.2, 0.25) is 0 Å². The standard InChI is InChI=1S/C26H26N6O4/c1-16-4-3-7-31-23(16)28-24-19(26(31)34)13-18(25(33)30-10-8-29(2)9-11-30)22(27)32(24)14-17-5-6-20-21(12-17)36-15-35-20/h3-7,12-13,27H,8-11,14-15H2,1-2H3. The van der Waals surface area contributed by atoms with Crippen molar-refractivity contribution < 1.29 is 14.3 Å². The summed E-state index contributed by atoms with van der Waals surface area (Å²) in [7, 11) is 2.02. The molecule has 36 heavy (non-hydrogen) atoms. The molecule has 10 heteroatoms. The van der Waals surface area contributed by atoms with E-state index < -0.39 is 0 Å². The summed E-state index contributed by atoms with van der Waals surface area (Å²) in [5.41, 5.74) is 2.52. The Balaban J connectivity index is 1.56. The number of likely N-dealkylation sites (N-methyl/N-ethyl adjacent to an activating group) is 1. The number of piperazine rings is 1. The summed E-state index contributed by atoms with van der Waals surface area (Å²) in [6.07, 6.45) is 1.68. The SMILES string of the molecule is Cc1cccn2c(=O)c3cc(C(=O)N4CCN(C)CC4)c(=N)n(Cc4ccc5c(c4)OCO5)c3nc12. The fourth-order valence-corrected chi connectivity index (χ4v) is 4.82. The number of nitrogens with zero attached hydrogens (tertiary/aromatic N) is 5. The lowest BCUT2D eigenvalue weighted by Crippen LogP contribution is -2.48. The monoisotopic (exact) mass is 486 g/mol. The minimum absolute atomic E-state index is 0.0222. The van der Waals surface area contributed by atoms with E-state index in [1.54, 1.807) is 27.8 Å². The molecule has 0 radical (unpaired) electrons. The predicted octanol–water partition coefficient (Wildman–Crippen LogP) is 1.60. The third kappa shape index (κ3) is 3.61. The number of nitrogens with one attached hydrogen (secondary N) is 1. The maximum Gasteiger partial charge on any atom is 0.267 e. The minimum atomic E-state index is -0.273. The second-order valence-corrected chi connectivity index (χ2v) is 9.31. The number of ether oxygens (including phenoxy) is 2. The average molecular weight is 487 g/mol. The van der Waals surface area contributed by atoms with Gasteiger partial charge in [0.2, 0.25) is 6.79 Å². The molecule has 2 aliphatic heterocycles. The first-order chi connectivity index (χ1) is 17.4. The fourth-order valence-electron chi connectivity index (χ4n) is 4.82. The highest BCUT2D eigenvalue weighted by Crippen LogP contribution is 2.32. The number of pyridine rings is 2. The first-order valence-electron chi connectivity index (χ1n) is 11.9. The van der Waals surface area contributed by atoms with Crippen LogP contribution in [0.3, 0.4) is 0 Å². The van der Waals surface area contributed by atoms with Crippen molar-refractivity contribution in [2.24, 2.45) is 0 Å². The van der Waals surface area contributed by atoms with Gasteiger partial charge in [-0.3, -0.25) is 19.4 Å². The van der Waals surface area contributed by atoms with Crippen molar-refractivity contribution >= 4 is 22.6 Å². The van der Waals surface area contributed by atoms with Gasteiger partial charge in [-0.15, -0.1) is 0 Å². The molecule has 1 N–H and O–H groups in total. The lowest BCUT2D eigenvalue weighted by atomic mass is 10.1. The molecule has 1 fully saturated rings. The lowest BCUT2D eigenvalue weighted by Gasteiger charge is -2.32. The van der Waals surface area contributed by atoms with E-state index in [1.807, 2.05) is 38.2 Å². The summed E-state index contributed by atoms with van der Waals surface area (Å²) in [5, 5.41) is 9.35. The van der Waals surface area contributed by atoms with Crippen LogP contribution in [-0.2, 0) is 6.54 Å². The zero-order valence-electron chi connectivity index (χ0n) is 20.2. The van der Waals surface area contributed by atoms with Gasteiger partial charge in [-0.2, -0.15) is 0 Å². The molecule has 0 atom stereocenters. The molecule has 6 rings (SSSR count). The maximum atomic E-state index is 13.6. The van der Waals surface area contributed by atoms with E-state index in [4.69, 9.17) is 19.9 Å². The van der Waals surface area contributed by atoms with E-state index in [-0.39, 0.29) is 35.9 Å². The molecule has 3 aromatic heterocycles. The van der Waals surface area contributed by atoms with Gasteiger partial charge in [0.15, 0.2) is 11.5 Å². The normalized spacial score (nSPS) is 15.7. The van der Waals surface area contributed by atoms with Crippen molar-refractivity contribution in [2.45, 2.75) is 13.5 Å². The van der Waals surface area contributed by atoms with E-state index in [2.05, 4.69) is 4.90 Å². The molecule has 1 amide bonds. The molecular formula is C26H26N6O4. The van der Waals surface area contributed by atoms with E-state index in [0.717, 1.165) is 24.2 Å². The molecule has 0 aliphatic carbocycles. The second-order valence-electron chi connectivity index (χ2n) is 9.31. The molecule has 0 saturated carbocycles. The number of carbonyl (C=O) groups is 1. The fraction of sp³-hybridized carbons (Fsp3) is 0.308. The number of carbonyl (C=O) groups excluding carboxylic acids is 1. The van der Waals surface area contributed by atoms with Gasteiger partial charge < -0.3 is 23.8 Å². The Kier molecular flexibility index (Phi) is 5.26. The Hall–Kier alpha value is -4.18. The Morgan fingerprint density at radius 3 is 2.64 bits per heavy atom. The van der Waals surface area contributed by atoms with E-state index >= 15 is 0 Å². The summed E-state index contributed by atoms with van der Waals surface area (Å²) in [6, 6.07) is 10.8. The number of benzene rings is 1. The lowest BCUT2D eigenvalue weighted by molar-refractivity contribution is 0.0661. The van der Waals surface area contributed by atoms with Crippen molar-refractivity contribution in [2.75, 3.05) is 40.0 Å². The summed E-state index contributed by atoms with van der Waals surface area (Å²) in [6.45, 7) is 4.96. The Morgan fingerprint density at radius 1 is 1.06 bits per heavy atom. The molecule has 0 unspecified atom stereocenters. The van der Waals surface area contributed by atoms with E-state index in [1.165, 1.54) is 4.40 Å². The number of amides is 1. The Labute approximate surface area is 206 Å². The van der Waals surface area contributed by atoms with Gasteiger partial charge in [-0.1, -0.05) is 12.1 Å². The third-order valence-corrected chi connectivity index (χ3v) is 6.93. The van der Waals surface area contributed by atoms with Crippen molar-refractivity contribution in [1.82, 2.24) is 23.8 Å². The number of aromatic nitrogens is 3. The average Bonchev–Trinajstić information content (AvgIpc) is 3.35. The van der Waals surface area contributed by atoms with Crippen LogP contribution in [0.1, 0.15) is 21.5 Å². The van der Waals surface area contributed by atoms with Gasteiger partial charge in [0.05, 0.1) is 17.5 Å². The van der Waals surface area contributed by atoms with Crippen LogP contribution < -0.4 is 20.5 Å². The summed E-state index contributed by atoms with van der Waals surface area (Å²) >= 11 is 0. The van der Waals surface area contributed by atoms with Crippen LogP contribution in [0.5, 0.6) is 11.5 Å². The Morgan fingerprint density at radius 2 is 1.83 bits per heavy atom. The molecule has 0 bridgehead atoms. The van der Waals surface area contributed by atoms with Crippen molar-refractivity contribution in [3.63, 3.8) is 0 Å². The Bertz CT molecular complexity index is 1650. The van der Waals surface area contributed by atoms with Gasteiger partial charge in [0.1, 0.15) is 16.8 Å². The van der Waals surface area contributed by atoms with Crippen LogP contribution in [0.4, 0.5) is 0 Å². The topological polar surface area (TPSA) is 105 Å². The number of fused-ring (bicyclic) bond motifs is 3. The van der Waals surface area contributed by atoms with Gasteiger partial charge >= 0.3 is 0 Å². The van der Waals surface area contributed by atoms with Gasteiger partial charge in [-0.25, -0.2) is 4.98 Å².